The van der Waals surface area contributed by atoms with Crippen LogP contribution in [0.3, 0.4) is 0 Å². The van der Waals surface area contributed by atoms with Gasteiger partial charge in [0, 0.05) is 6.07 Å². The first-order valence-corrected chi connectivity index (χ1v) is 26.5. The molecule has 5 rings (SSSR count). The van der Waals surface area contributed by atoms with E-state index in [-0.39, 0.29) is 11.5 Å². The molecule has 0 atom stereocenters. The zero-order valence-electron chi connectivity index (χ0n) is 42.2. The summed E-state index contributed by atoms with van der Waals surface area (Å²) in [4.78, 5) is 26.0. The molecule has 0 fully saturated rings. The summed E-state index contributed by atoms with van der Waals surface area (Å²) in [6.07, 6.45) is 31.6. The molecule has 0 aromatic heterocycles. The molecule has 374 valence electrons. The van der Waals surface area contributed by atoms with Gasteiger partial charge in [0.2, 0.25) is 0 Å². The van der Waals surface area contributed by atoms with E-state index in [2.05, 4.69) is 34.3 Å². The standard InChI is InChI=1S/C60H78N4O6/c1-3-5-7-9-11-13-15-17-19-21-23-25-46-67-55-42-38-53(39-43-55)63-61-51-34-30-49(31-35-51)59(65)69-57-28-27-29-58(48-57)70-60(66)50-32-36-52(37-33-50)62-64-54-40-44-56(45-41-54)68-47-26-24-22-20-18-16-14-12-10-8-6-4-2/h27-45,48H,3-26,46-47H2,1-2H3. The topological polar surface area (TPSA) is 121 Å². The van der Waals surface area contributed by atoms with Crippen molar-refractivity contribution < 1.29 is 28.5 Å². The second kappa shape index (κ2) is 34.2. The van der Waals surface area contributed by atoms with Gasteiger partial charge in [-0.25, -0.2) is 9.59 Å². The van der Waals surface area contributed by atoms with Gasteiger partial charge in [-0.2, -0.15) is 20.5 Å². The van der Waals surface area contributed by atoms with Gasteiger partial charge in [-0.3, -0.25) is 0 Å². The Morgan fingerprint density at radius 3 is 0.900 bits per heavy atom. The zero-order chi connectivity index (χ0) is 49.1. The summed E-state index contributed by atoms with van der Waals surface area (Å²) in [5.74, 6) is 0.977. The van der Waals surface area contributed by atoms with Crippen molar-refractivity contribution in [2.75, 3.05) is 13.2 Å². The predicted octanol–water partition coefficient (Wildman–Crippen LogP) is 19.1. The number of benzene rings is 5. The number of azo groups is 2. The highest BCUT2D eigenvalue weighted by Gasteiger charge is 2.13. The fraction of sp³-hybridized carbons (Fsp3) is 0.467. The van der Waals surface area contributed by atoms with Gasteiger partial charge in [-0.05, 0) is 122 Å². The minimum absolute atomic E-state index is 0.232. The fourth-order valence-electron chi connectivity index (χ4n) is 7.98. The van der Waals surface area contributed by atoms with Crippen LogP contribution in [0.1, 0.15) is 189 Å². The van der Waals surface area contributed by atoms with Crippen LogP contribution in [0.25, 0.3) is 0 Å². The molecule has 10 nitrogen and oxygen atoms in total. The van der Waals surface area contributed by atoms with Crippen molar-refractivity contribution in [1.29, 1.82) is 0 Å². The smallest absolute Gasteiger partial charge is 0.343 e. The molecule has 0 N–H and O–H groups in total. The predicted molar refractivity (Wildman–Crippen MR) is 284 cm³/mol. The molecule has 10 heteroatoms. The first kappa shape index (κ1) is 54.8. The van der Waals surface area contributed by atoms with Crippen molar-refractivity contribution in [1.82, 2.24) is 0 Å². The third-order valence-electron chi connectivity index (χ3n) is 12.2. The third kappa shape index (κ3) is 23.0. The second-order valence-corrected chi connectivity index (χ2v) is 18.2. The maximum atomic E-state index is 13.0. The Morgan fingerprint density at radius 2 is 0.600 bits per heavy atom. The number of hydrogen-bond donors (Lipinski definition) is 0. The number of ether oxygens (including phenoxy) is 4. The van der Waals surface area contributed by atoms with E-state index in [0.717, 1.165) is 24.3 Å². The average Bonchev–Trinajstić information content (AvgIpc) is 3.39. The van der Waals surface area contributed by atoms with E-state index in [9.17, 15) is 9.59 Å². The van der Waals surface area contributed by atoms with E-state index in [4.69, 9.17) is 18.9 Å². The van der Waals surface area contributed by atoms with Gasteiger partial charge in [-0.15, -0.1) is 0 Å². The summed E-state index contributed by atoms with van der Waals surface area (Å²) in [5.41, 5.74) is 3.24. The molecule has 0 radical (unpaired) electrons. The minimum atomic E-state index is -0.565. The van der Waals surface area contributed by atoms with Gasteiger partial charge < -0.3 is 18.9 Å². The zero-order valence-corrected chi connectivity index (χ0v) is 42.2. The van der Waals surface area contributed by atoms with E-state index in [1.54, 1.807) is 66.7 Å². The van der Waals surface area contributed by atoms with Gasteiger partial charge in [0.1, 0.15) is 23.0 Å². The monoisotopic (exact) mass is 951 g/mol. The molecule has 5 aromatic carbocycles. The van der Waals surface area contributed by atoms with Crippen LogP contribution >= 0.6 is 0 Å². The summed E-state index contributed by atoms with van der Waals surface area (Å²) in [6.45, 7) is 5.96. The summed E-state index contributed by atoms with van der Waals surface area (Å²) in [6, 6.07) is 34.8. The molecule has 5 aromatic rings. The maximum Gasteiger partial charge on any atom is 0.343 e. The van der Waals surface area contributed by atoms with Crippen LogP contribution in [-0.2, 0) is 0 Å². The lowest BCUT2D eigenvalue weighted by Crippen LogP contribution is -2.10. The fourth-order valence-corrected chi connectivity index (χ4v) is 7.98. The molecule has 0 bridgehead atoms. The van der Waals surface area contributed by atoms with E-state index in [1.165, 1.54) is 147 Å². The molecule has 0 aliphatic carbocycles. The normalized spacial score (nSPS) is 11.3. The molecular formula is C60H78N4O6. The number of carbonyl (C=O) groups excluding carboxylic acids is 2. The summed E-state index contributed by atoms with van der Waals surface area (Å²) in [7, 11) is 0. The largest absolute Gasteiger partial charge is 0.494 e. The van der Waals surface area contributed by atoms with Crippen LogP contribution in [0, 0.1) is 0 Å². The molecule has 0 aliphatic rings. The molecule has 0 saturated heterocycles. The molecule has 0 aliphatic heterocycles. The van der Waals surface area contributed by atoms with Gasteiger partial charge in [0.15, 0.2) is 0 Å². The Balaban J connectivity index is 0.943. The van der Waals surface area contributed by atoms with Crippen molar-refractivity contribution >= 4 is 34.7 Å². The summed E-state index contributed by atoms with van der Waals surface area (Å²) >= 11 is 0. The molecule has 70 heavy (non-hydrogen) atoms. The second-order valence-electron chi connectivity index (χ2n) is 18.2. The van der Waals surface area contributed by atoms with E-state index in [1.807, 2.05) is 48.5 Å². The van der Waals surface area contributed by atoms with Crippen molar-refractivity contribution in [3.05, 3.63) is 132 Å². The van der Waals surface area contributed by atoms with Gasteiger partial charge in [-0.1, -0.05) is 161 Å². The number of nitrogens with zero attached hydrogens (tertiary/aromatic N) is 4. The van der Waals surface area contributed by atoms with Gasteiger partial charge in [0.05, 0.1) is 47.1 Å². The number of rotatable bonds is 36. The van der Waals surface area contributed by atoms with Crippen LogP contribution < -0.4 is 18.9 Å². The number of esters is 2. The Labute approximate surface area is 418 Å². The Morgan fingerprint density at radius 1 is 0.329 bits per heavy atom. The molecular weight excluding hydrogens is 873 g/mol. The number of unbranched alkanes of at least 4 members (excludes halogenated alkanes) is 22. The summed E-state index contributed by atoms with van der Waals surface area (Å²) in [5, 5.41) is 17.3. The van der Waals surface area contributed by atoms with E-state index >= 15 is 0 Å². The third-order valence-corrected chi connectivity index (χ3v) is 12.2. The van der Waals surface area contributed by atoms with Crippen molar-refractivity contribution in [3.63, 3.8) is 0 Å². The van der Waals surface area contributed by atoms with E-state index < -0.39 is 11.9 Å². The van der Waals surface area contributed by atoms with Crippen LogP contribution in [0.4, 0.5) is 22.7 Å². The average molecular weight is 951 g/mol. The van der Waals surface area contributed by atoms with Gasteiger partial charge >= 0.3 is 11.9 Å². The van der Waals surface area contributed by atoms with Crippen LogP contribution in [-0.4, -0.2) is 25.2 Å². The lowest BCUT2D eigenvalue weighted by molar-refractivity contribution is 0.0732. The number of carbonyl (C=O) groups is 2. The molecule has 0 heterocycles. The lowest BCUT2D eigenvalue weighted by Gasteiger charge is -2.08. The Kier molecular flexibility index (Phi) is 26.8. The highest BCUT2D eigenvalue weighted by molar-refractivity contribution is 5.92. The van der Waals surface area contributed by atoms with E-state index in [0.29, 0.717) is 47.1 Å². The SMILES string of the molecule is CCCCCCCCCCCCCCOc1ccc(N=Nc2ccc(C(=O)Oc3cccc(OC(=O)c4ccc(N=Nc5ccc(OCCCCCCCCCCCCCC)cc5)cc4)c3)cc2)cc1. The van der Waals surface area contributed by atoms with Gasteiger partial charge in [0.25, 0.3) is 0 Å². The quantitative estimate of drug-likeness (QED) is 0.0171. The molecule has 0 spiro atoms. The Bertz CT molecular complexity index is 2090. The van der Waals surface area contributed by atoms with Crippen LogP contribution in [0.2, 0.25) is 0 Å². The highest BCUT2D eigenvalue weighted by atomic mass is 16.5. The Hall–Kier alpha value is -6.16. The van der Waals surface area contributed by atoms with Crippen LogP contribution in [0.15, 0.2) is 142 Å². The lowest BCUT2D eigenvalue weighted by atomic mass is 10.1. The van der Waals surface area contributed by atoms with Crippen molar-refractivity contribution in [2.45, 2.75) is 168 Å². The van der Waals surface area contributed by atoms with Crippen LogP contribution in [0.5, 0.6) is 23.0 Å². The first-order valence-electron chi connectivity index (χ1n) is 26.5. The highest BCUT2D eigenvalue weighted by Crippen LogP contribution is 2.26. The first-order chi connectivity index (χ1) is 34.5. The number of hydrogen-bond acceptors (Lipinski definition) is 10. The molecule has 0 amide bonds. The van der Waals surface area contributed by atoms with Crippen molar-refractivity contribution in [3.8, 4) is 23.0 Å². The summed E-state index contributed by atoms with van der Waals surface area (Å²) < 4.78 is 23.1. The maximum absolute atomic E-state index is 13.0. The van der Waals surface area contributed by atoms with Crippen molar-refractivity contribution in [2.24, 2.45) is 20.5 Å². The minimum Gasteiger partial charge on any atom is -0.494 e. The molecule has 0 saturated carbocycles. The molecule has 0 unspecified atom stereocenters.